The second-order valence-electron chi connectivity index (χ2n) is 7.05. The van der Waals surface area contributed by atoms with Gasteiger partial charge in [-0.3, -0.25) is 0 Å². The lowest BCUT2D eigenvalue weighted by atomic mass is 9.52. The first-order valence-electron chi connectivity index (χ1n) is 8.25. The lowest BCUT2D eigenvalue weighted by Crippen LogP contribution is -2.55. The number of aliphatic hydroxyl groups is 4. The van der Waals surface area contributed by atoms with Crippen LogP contribution in [0.1, 0.15) is 51.4 Å². The summed E-state index contributed by atoms with van der Waals surface area (Å²) in [7, 11) is 0. The van der Waals surface area contributed by atoms with E-state index in [9.17, 15) is 20.4 Å². The highest BCUT2D eigenvalue weighted by molar-refractivity contribution is 5.10. The van der Waals surface area contributed by atoms with Crippen molar-refractivity contribution >= 4 is 0 Å². The molecule has 21 heavy (non-hydrogen) atoms. The average molecular weight is 298 g/mol. The van der Waals surface area contributed by atoms with Crippen molar-refractivity contribution in [3.63, 3.8) is 0 Å². The van der Waals surface area contributed by atoms with Gasteiger partial charge in [0, 0.05) is 17.9 Å². The summed E-state index contributed by atoms with van der Waals surface area (Å²) in [5.41, 5.74) is -0.664. The van der Waals surface area contributed by atoms with Gasteiger partial charge in [0.25, 0.3) is 0 Å². The maximum Gasteiger partial charge on any atom is 0.0644 e. The monoisotopic (exact) mass is 298 g/mol. The first-order chi connectivity index (χ1) is 10.1. The van der Waals surface area contributed by atoms with E-state index in [1.807, 2.05) is 6.08 Å². The van der Waals surface area contributed by atoms with Gasteiger partial charge in [0.1, 0.15) is 0 Å². The minimum Gasteiger partial charge on any atom is -0.396 e. The molecule has 5 atom stereocenters. The first-order valence-corrected chi connectivity index (χ1v) is 8.25. The van der Waals surface area contributed by atoms with Crippen LogP contribution in [0.4, 0.5) is 0 Å². The van der Waals surface area contributed by atoms with Gasteiger partial charge in [-0.05, 0) is 50.4 Å². The number of hydrogen-bond donors (Lipinski definition) is 4. The van der Waals surface area contributed by atoms with Crippen molar-refractivity contribution in [1.29, 1.82) is 0 Å². The fourth-order valence-electron chi connectivity index (χ4n) is 5.23. The van der Waals surface area contributed by atoms with Gasteiger partial charge in [0.15, 0.2) is 0 Å². The zero-order valence-electron chi connectivity index (χ0n) is 12.9. The van der Waals surface area contributed by atoms with Gasteiger partial charge in [-0.1, -0.05) is 12.5 Å². The Kier molecular flexibility index (Phi) is 5.47. The molecule has 0 aromatic rings. The highest BCUT2D eigenvalue weighted by Gasteiger charge is 2.60. The quantitative estimate of drug-likeness (QED) is 0.538. The molecule has 0 amide bonds. The molecule has 4 nitrogen and oxygen atoms in total. The summed E-state index contributed by atoms with van der Waals surface area (Å²) in [4.78, 5) is 0. The van der Waals surface area contributed by atoms with Crippen LogP contribution in [0.2, 0.25) is 0 Å². The van der Waals surface area contributed by atoms with Gasteiger partial charge in [-0.25, -0.2) is 0 Å². The van der Waals surface area contributed by atoms with Crippen LogP contribution in [0.25, 0.3) is 0 Å². The molecule has 2 fully saturated rings. The van der Waals surface area contributed by atoms with Crippen LogP contribution < -0.4 is 0 Å². The summed E-state index contributed by atoms with van der Waals surface area (Å²) in [5.74, 6) is -0.0785. The SMILES string of the molecule is C=CCC[C@@]12CCC[C@](CO)([C@H](O)CCO)C1[C@@H](O)CC2. The number of fused-ring (bicyclic) bond motifs is 1. The van der Waals surface area contributed by atoms with Crippen molar-refractivity contribution in [2.45, 2.75) is 63.6 Å². The van der Waals surface area contributed by atoms with E-state index >= 15 is 0 Å². The molecule has 0 aliphatic heterocycles. The fraction of sp³-hybridized carbons (Fsp3) is 0.882. The van der Waals surface area contributed by atoms with Crippen LogP contribution in [-0.4, -0.2) is 45.8 Å². The van der Waals surface area contributed by atoms with Crippen LogP contribution in [-0.2, 0) is 0 Å². The molecule has 0 spiro atoms. The molecule has 2 aliphatic carbocycles. The van der Waals surface area contributed by atoms with E-state index < -0.39 is 17.6 Å². The highest BCUT2D eigenvalue weighted by Crippen LogP contribution is 2.62. The van der Waals surface area contributed by atoms with Crippen molar-refractivity contribution in [3.8, 4) is 0 Å². The molecule has 122 valence electrons. The Morgan fingerprint density at radius 1 is 1.24 bits per heavy atom. The molecule has 0 heterocycles. The maximum atomic E-state index is 10.6. The molecule has 0 bridgehead atoms. The van der Waals surface area contributed by atoms with Gasteiger partial charge < -0.3 is 20.4 Å². The van der Waals surface area contributed by atoms with E-state index in [0.717, 1.165) is 44.9 Å². The third-order valence-corrected chi connectivity index (χ3v) is 6.13. The smallest absolute Gasteiger partial charge is 0.0644 e. The van der Waals surface area contributed by atoms with Gasteiger partial charge in [-0.2, -0.15) is 0 Å². The number of rotatable bonds is 7. The van der Waals surface area contributed by atoms with Crippen LogP contribution in [0.3, 0.4) is 0 Å². The number of allylic oxidation sites excluding steroid dienone is 1. The molecular formula is C17H30O4. The predicted molar refractivity (Wildman–Crippen MR) is 81.7 cm³/mol. The number of hydrogen-bond acceptors (Lipinski definition) is 4. The topological polar surface area (TPSA) is 80.9 Å². The molecule has 4 N–H and O–H groups in total. The van der Waals surface area contributed by atoms with Crippen molar-refractivity contribution in [2.24, 2.45) is 16.7 Å². The second-order valence-corrected chi connectivity index (χ2v) is 7.05. The minimum atomic E-state index is -0.756. The highest BCUT2D eigenvalue weighted by atomic mass is 16.3. The largest absolute Gasteiger partial charge is 0.396 e. The number of aliphatic hydroxyl groups excluding tert-OH is 4. The molecular weight excluding hydrogens is 268 g/mol. The third-order valence-electron chi connectivity index (χ3n) is 6.13. The molecule has 0 radical (unpaired) electrons. The summed E-state index contributed by atoms with van der Waals surface area (Å²) in [6.07, 6.45) is 7.27. The van der Waals surface area contributed by atoms with Crippen LogP contribution in [0.15, 0.2) is 12.7 Å². The van der Waals surface area contributed by atoms with E-state index in [4.69, 9.17) is 0 Å². The van der Waals surface area contributed by atoms with Crippen molar-refractivity contribution < 1.29 is 20.4 Å². The zero-order valence-corrected chi connectivity index (χ0v) is 12.9. The molecule has 2 saturated carbocycles. The summed E-state index contributed by atoms with van der Waals surface area (Å²) < 4.78 is 0. The predicted octanol–water partition coefficient (Wildman–Crippen LogP) is 1.62. The van der Waals surface area contributed by atoms with Crippen molar-refractivity contribution in [2.75, 3.05) is 13.2 Å². The van der Waals surface area contributed by atoms with E-state index in [2.05, 4.69) is 6.58 Å². The van der Waals surface area contributed by atoms with E-state index in [1.54, 1.807) is 0 Å². The van der Waals surface area contributed by atoms with Gasteiger partial charge >= 0.3 is 0 Å². The zero-order chi connectivity index (χ0) is 15.5. The van der Waals surface area contributed by atoms with Crippen LogP contribution >= 0.6 is 0 Å². The average Bonchev–Trinajstić information content (AvgIpc) is 2.83. The van der Waals surface area contributed by atoms with Crippen LogP contribution in [0, 0.1) is 16.7 Å². The van der Waals surface area contributed by atoms with Crippen molar-refractivity contribution in [3.05, 3.63) is 12.7 Å². The van der Waals surface area contributed by atoms with E-state index in [1.165, 1.54) is 0 Å². The summed E-state index contributed by atoms with van der Waals surface area (Å²) in [6.45, 7) is 3.59. The van der Waals surface area contributed by atoms with Crippen molar-refractivity contribution in [1.82, 2.24) is 0 Å². The Morgan fingerprint density at radius 2 is 2.00 bits per heavy atom. The fourth-order valence-corrected chi connectivity index (χ4v) is 5.23. The Hall–Kier alpha value is -0.420. The molecule has 2 rings (SSSR count). The third kappa shape index (κ3) is 2.79. The van der Waals surface area contributed by atoms with Crippen LogP contribution in [0.5, 0.6) is 0 Å². The summed E-state index contributed by atoms with van der Waals surface area (Å²) in [6, 6.07) is 0. The lowest BCUT2D eigenvalue weighted by molar-refractivity contribution is -0.154. The van der Waals surface area contributed by atoms with E-state index in [-0.39, 0.29) is 31.0 Å². The Labute approximate surface area is 127 Å². The Morgan fingerprint density at radius 3 is 2.62 bits per heavy atom. The van der Waals surface area contributed by atoms with E-state index in [0.29, 0.717) is 0 Å². The minimum absolute atomic E-state index is 0.00498. The Bertz CT molecular complexity index is 355. The summed E-state index contributed by atoms with van der Waals surface area (Å²) in [5, 5.41) is 40.4. The maximum absolute atomic E-state index is 10.6. The normalized spacial score (nSPS) is 40.8. The van der Waals surface area contributed by atoms with Gasteiger partial charge in [-0.15, -0.1) is 6.58 Å². The molecule has 0 aromatic heterocycles. The summed E-state index contributed by atoms with van der Waals surface area (Å²) >= 11 is 0. The molecule has 2 aliphatic rings. The first kappa shape index (κ1) is 16.9. The lowest BCUT2D eigenvalue weighted by Gasteiger charge is -2.54. The molecule has 0 aromatic carbocycles. The standard InChI is InChI=1S/C17H30O4/c1-2-3-7-16-8-4-9-17(12-19,14(21)6-11-18)15(16)13(20)5-10-16/h2,13-15,18-21H,1,3-12H2/t13-,14+,15?,16-,17-/m0/s1. The molecule has 4 heteroatoms. The Balaban J connectivity index is 2.34. The molecule has 1 unspecified atom stereocenters. The molecule has 0 saturated heterocycles. The van der Waals surface area contributed by atoms with Gasteiger partial charge in [0.2, 0.25) is 0 Å². The van der Waals surface area contributed by atoms with Gasteiger partial charge in [0.05, 0.1) is 18.8 Å². The second kappa shape index (κ2) is 6.78.